The number of nitrogens with two attached hydrogens (primary N) is 2. The second kappa shape index (κ2) is 9.66. The summed E-state index contributed by atoms with van der Waals surface area (Å²) in [5.41, 5.74) is 13.1. The number of carboxylic acid groups (broad SMARTS) is 2. The van der Waals surface area contributed by atoms with E-state index in [1.165, 1.54) is 18.3 Å². The molecule has 0 aliphatic heterocycles. The van der Waals surface area contributed by atoms with Gasteiger partial charge >= 0.3 is 17.9 Å². The third-order valence-electron chi connectivity index (χ3n) is 4.85. The van der Waals surface area contributed by atoms with Crippen molar-refractivity contribution in [3.8, 4) is 0 Å². The minimum Gasteiger partial charge on any atom is -0.480 e. The van der Waals surface area contributed by atoms with E-state index < -0.39 is 36.2 Å². The Morgan fingerprint density at radius 1 is 1.11 bits per heavy atom. The zero-order valence-corrected chi connectivity index (χ0v) is 18.1. The van der Waals surface area contributed by atoms with Crippen LogP contribution in [0.1, 0.15) is 22.5 Å². The Kier molecular flexibility index (Phi) is 6.88. The van der Waals surface area contributed by atoms with E-state index in [0.717, 1.165) is 0 Å². The lowest BCUT2D eigenvalue weighted by atomic mass is 10.1. The van der Waals surface area contributed by atoms with E-state index in [0.29, 0.717) is 16.9 Å². The van der Waals surface area contributed by atoms with Gasteiger partial charge in [0.25, 0.3) is 5.91 Å². The summed E-state index contributed by atoms with van der Waals surface area (Å²) in [7, 11) is 1.73. The van der Waals surface area contributed by atoms with Crippen molar-refractivity contribution in [1.82, 2.24) is 25.3 Å². The Labute approximate surface area is 195 Å². The van der Waals surface area contributed by atoms with Crippen molar-refractivity contribution in [3.05, 3.63) is 41.7 Å². The predicted molar refractivity (Wildman–Crippen MR) is 119 cm³/mol. The van der Waals surface area contributed by atoms with Crippen LogP contribution in [0.4, 0.5) is 26.2 Å². The summed E-state index contributed by atoms with van der Waals surface area (Å²) in [5, 5.41) is 19.5. The van der Waals surface area contributed by atoms with Crippen LogP contribution in [-0.4, -0.2) is 67.0 Å². The minimum atomic E-state index is -4.32. The summed E-state index contributed by atoms with van der Waals surface area (Å²) in [6.45, 7) is 0.281. The van der Waals surface area contributed by atoms with Crippen molar-refractivity contribution < 1.29 is 33.4 Å². The molecule has 2 heterocycles. The molecule has 0 saturated heterocycles. The molecule has 0 unspecified atom stereocenters. The summed E-state index contributed by atoms with van der Waals surface area (Å²) in [6.07, 6.45) is -0.107. The first kappa shape index (κ1) is 24.9. The molecule has 0 aliphatic rings. The van der Waals surface area contributed by atoms with E-state index in [2.05, 4.69) is 19.9 Å². The fraction of sp³-hybridized carbons (Fsp3) is 0.250. The number of amides is 1. The van der Waals surface area contributed by atoms with E-state index in [1.807, 2.05) is 5.32 Å². The lowest BCUT2D eigenvalue weighted by Crippen LogP contribution is -2.46. The summed E-state index contributed by atoms with van der Waals surface area (Å²) in [6, 6.07) is 3.70. The van der Waals surface area contributed by atoms with Gasteiger partial charge in [-0.1, -0.05) is 0 Å². The number of nitrogens with one attached hydrogen (secondary N) is 1. The summed E-state index contributed by atoms with van der Waals surface area (Å²) in [4.78, 5) is 52.3. The molecule has 0 bridgehead atoms. The maximum atomic E-state index is 13.4. The number of benzene rings is 1. The Bertz CT molecular complexity index is 1290. The molecule has 0 spiro atoms. The number of hydrogen-bond acceptors (Lipinski definition) is 10. The number of nitrogen functional groups attached to an aromatic ring is 2. The number of nitrogens with zero attached hydrogens (tertiary/aromatic N) is 5. The van der Waals surface area contributed by atoms with Crippen LogP contribution in [0.15, 0.2) is 30.5 Å². The van der Waals surface area contributed by atoms with Crippen LogP contribution in [-0.2, 0) is 16.1 Å². The largest absolute Gasteiger partial charge is 0.480 e. The van der Waals surface area contributed by atoms with Crippen LogP contribution in [0.25, 0.3) is 11.2 Å². The highest BCUT2D eigenvalue weighted by atomic mass is 19.3. The summed E-state index contributed by atoms with van der Waals surface area (Å²) in [5.74, 6) is -9.49. The maximum absolute atomic E-state index is 13.4. The van der Waals surface area contributed by atoms with Gasteiger partial charge in [0.1, 0.15) is 6.04 Å². The average molecular weight is 490 g/mol. The van der Waals surface area contributed by atoms with E-state index in [4.69, 9.17) is 21.7 Å². The van der Waals surface area contributed by atoms with Gasteiger partial charge in [0.05, 0.1) is 24.9 Å². The molecule has 13 nitrogen and oxygen atoms in total. The quantitative estimate of drug-likeness (QED) is 0.278. The number of carbonyl (C=O) groups is 3. The normalized spacial score (nSPS) is 12.2. The van der Waals surface area contributed by atoms with Crippen molar-refractivity contribution >= 4 is 46.5 Å². The van der Waals surface area contributed by atoms with Crippen LogP contribution in [0, 0.1) is 0 Å². The van der Waals surface area contributed by atoms with E-state index in [-0.39, 0.29) is 29.5 Å². The Morgan fingerprint density at radius 3 is 2.37 bits per heavy atom. The van der Waals surface area contributed by atoms with Gasteiger partial charge in [-0.3, -0.25) is 4.79 Å². The maximum Gasteiger partial charge on any atom is 0.374 e. The molecule has 7 N–H and O–H groups in total. The fourth-order valence-electron chi connectivity index (χ4n) is 3.05. The van der Waals surface area contributed by atoms with Gasteiger partial charge in [-0.25, -0.2) is 19.6 Å². The van der Waals surface area contributed by atoms with Crippen LogP contribution in [0.5, 0.6) is 0 Å². The van der Waals surface area contributed by atoms with Gasteiger partial charge in [0.15, 0.2) is 17.0 Å². The lowest BCUT2D eigenvalue weighted by Gasteiger charge is -2.20. The molecule has 0 saturated carbocycles. The SMILES string of the molecule is CN(Cc1cnc2nc(N)nc(N)c2n1)c1ccc(C(=O)N[C@H](CC(F)(F)C(=O)O)C(=O)O)cc1. The second-order valence-electron chi connectivity index (χ2n) is 7.48. The van der Waals surface area contributed by atoms with E-state index in [9.17, 15) is 23.2 Å². The highest BCUT2D eigenvalue weighted by Crippen LogP contribution is 2.22. The molecule has 184 valence electrons. The molecule has 1 amide bonds. The number of rotatable bonds is 9. The molecule has 1 aromatic carbocycles. The predicted octanol–water partition coefficient (Wildman–Crippen LogP) is 0.514. The van der Waals surface area contributed by atoms with Gasteiger partial charge in [-0.15, -0.1) is 0 Å². The Hall–Kier alpha value is -4.69. The number of aromatic nitrogens is 4. The summed E-state index contributed by atoms with van der Waals surface area (Å²) < 4.78 is 26.8. The van der Waals surface area contributed by atoms with Crippen LogP contribution in [0.2, 0.25) is 0 Å². The zero-order chi connectivity index (χ0) is 25.9. The van der Waals surface area contributed by atoms with Gasteiger partial charge in [0.2, 0.25) is 5.95 Å². The topological polar surface area (TPSA) is 211 Å². The number of carbonyl (C=O) groups excluding carboxylic acids is 1. The van der Waals surface area contributed by atoms with Gasteiger partial charge in [-0.05, 0) is 24.3 Å². The number of alkyl halides is 2. The number of carboxylic acids is 2. The molecule has 0 fully saturated rings. The molecular weight excluding hydrogens is 470 g/mol. The Balaban J connectivity index is 1.69. The molecule has 15 heteroatoms. The van der Waals surface area contributed by atoms with Crippen LogP contribution < -0.4 is 21.7 Å². The number of anilines is 3. The van der Waals surface area contributed by atoms with Crippen molar-refractivity contribution in [1.29, 1.82) is 0 Å². The summed E-state index contributed by atoms with van der Waals surface area (Å²) >= 11 is 0. The van der Waals surface area contributed by atoms with Crippen molar-refractivity contribution in [2.24, 2.45) is 0 Å². The molecule has 0 radical (unpaired) electrons. The second-order valence-corrected chi connectivity index (χ2v) is 7.48. The molecule has 0 aliphatic carbocycles. The fourth-order valence-corrected chi connectivity index (χ4v) is 3.05. The zero-order valence-electron chi connectivity index (χ0n) is 18.1. The first-order valence-corrected chi connectivity index (χ1v) is 9.88. The molecule has 1 atom stereocenters. The smallest absolute Gasteiger partial charge is 0.374 e. The third kappa shape index (κ3) is 5.82. The van der Waals surface area contributed by atoms with Crippen molar-refractivity contribution in [3.63, 3.8) is 0 Å². The Morgan fingerprint density at radius 2 is 1.77 bits per heavy atom. The average Bonchev–Trinajstić information content (AvgIpc) is 2.78. The number of halogens is 2. The first-order chi connectivity index (χ1) is 16.4. The molecular formula is C20H20F2N8O5. The highest BCUT2D eigenvalue weighted by molar-refractivity contribution is 5.97. The number of aliphatic carboxylic acids is 2. The van der Waals surface area contributed by atoms with Crippen molar-refractivity contribution in [2.75, 3.05) is 23.4 Å². The lowest BCUT2D eigenvalue weighted by molar-refractivity contribution is -0.167. The molecule has 35 heavy (non-hydrogen) atoms. The minimum absolute atomic E-state index is 0.0138. The van der Waals surface area contributed by atoms with Crippen LogP contribution in [0.3, 0.4) is 0 Å². The standard InChI is InChI=1S/C20H20F2N8O5/c1-30(8-10-7-25-15-13(26-10)14(23)28-19(24)29-15)11-4-2-9(3-5-11)16(31)27-12(17(32)33)6-20(21,22)18(34)35/h2-5,7,12H,6,8H2,1H3,(H,27,31)(H,32,33)(H,34,35)(H4,23,24,25,28,29)/t12-/m1/s1. The molecule has 3 rings (SSSR count). The van der Waals surface area contributed by atoms with Crippen molar-refractivity contribution in [2.45, 2.75) is 24.9 Å². The monoisotopic (exact) mass is 490 g/mol. The molecule has 3 aromatic rings. The highest BCUT2D eigenvalue weighted by Gasteiger charge is 2.43. The van der Waals surface area contributed by atoms with Gasteiger partial charge < -0.3 is 31.9 Å². The number of fused-ring (bicyclic) bond motifs is 1. The third-order valence-corrected chi connectivity index (χ3v) is 4.85. The molecule has 2 aromatic heterocycles. The van der Waals surface area contributed by atoms with Crippen LogP contribution >= 0.6 is 0 Å². The number of hydrogen-bond donors (Lipinski definition) is 5. The first-order valence-electron chi connectivity index (χ1n) is 9.88. The van der Waals surface area contributed by atoms with E-state index >= 15 is 0 Å². The van der Waals surface area contributed by atoms with E-state index in [1.54, 1.807) is 24.1 Å². The van der Waals surface area contributed by atoms with Gasteiger partial charge in [-0.2, -0.15) is 18.7 Å². The van der Waals surface area contributed by atoms with Gasteiger partial charge in [0, 0.05) is 18.3 Å².